The summed E-state index contributed by atoms with van der Waals surface area (Å²) in [5.74, 6) is 0. The largest absolute Gasteiger partial charge is 0.391 e. The van der Waals surface area contributed by atoms with Crippen molar-refractivity contribution in [2.24, 2.45) is 0 Å². The Morgan fingerprint density at radius 1 is 1.08 bits per heavy atom. The minimum atomic E-state index is -0.124. The van der Waals surface area contributed by atoms with Crippen molar-refractivity contribution in [1.82, 2.24) is 9.88 Å². The van der Waals surface area contributed by atoms with Crippen LogP contribution in [0.15, 0.2) is 34.9 Å². The van der Waals surface area contributed by atoms with E-state index in [0.29, 0.717) is 12.1 Å². The van der Waals surface area contributed by atoms with Crippen molar-refractivity contribution in [3.8, 4) is 0 Å². The lowest BCUT2D eigenvalue weighted by atomic mass is 9.89. The van der Waals surface area contributed by atoms with Crippen molar-refractivity contribution in [2.45, 2.75) is 56.7 Å². The van der Waals surface area contributed by atoms with Gasteiger partial charge in [-0.05, 0) is 49.9 Å². The van der Waals surface area contributed by atoms with Gasteiger partial charge in [0.2, 0.25) is 0 Å². The predicted octanol–water partition coefficient (Wildman–Crippen LogP) is 4.18. The second kappa shape index (κ2) is 7.60. The summed E-state index contributed by atoms with van der Waals surface area (Å²) >= 11 is 3.52. The lowest BCUT2D eigenvalue weighted by molar-refractivity contribution is 0.00994. The molecule has 4 nitrogen and oxygen atoms in total. The zero-order valence-electron chi connectivity index (χ0n) is 14.5. The van der Waals surface area contributed by atoms with Crippen molar-refractivity contribution in [2.75, 3.05) is 18.4 Å². The lowest BCUT2D eigenvalue weighted by Crippen LogP contribution is -2.50. The van der Waals surface area contributed by atoms with Gasteiger partial charge in [0.15, 0.2) is 0 Å². The number of hydrogen-bond acceptors (Lipinski definition) is 4. The Kier molecular flexibility index (Phi) is 5.25. The SMILES string of the molecule is OC1CCCCC1N1CCC(Nc2ccnc3cc(Br)ccc23)CC1. The third-order valence-corrected chi connectivity index (χ3v) is 6.25. The van der Waals surface area contributed by atoms with E-state index in [4.69, 9.17) is 0 Å². The van der Waals surface area contributed by atoms with Crippen LogP contribution in [0.5, 0.6) is 0 Å². The van der Waals surface area contributed by atoms with Crippen molar-refractivity contribution in [1.29, 1.82) is 0 Å². The highest BCUT2D eigenvalue weighted by molar-refractivity contribution is 9.10. The van der Waals surface area contributed by atoms with Crippen LogP contribution in [0, 0.1) is 0 Å². The van der Waals surface area contributed by atoms with Crippen LogP contribution in [-0.2, 0) is 0 Å². The van der Waals surface area contributed by atoms with Crippen LogP contribution in [0.25, 0.3) is 10.9 Å². The van der Waals surface area contributed by atoms with E-state index in [1.807, 2.05) is 6.20 Å². The second-order valence-electron chi connectivity index (χ2n) is 7.39. The average molecular weight is 404 g/mol. The summed E-state index contributed by atoms with van der Waals surface area (Å²) in [7, 11) is 0. The number of benzene rings is 1. The van der Waals surface area contributed by atoms with Crippen molar-refractivity contribution < 1.29 is 5.11 Å². The monoisotopic (exact) mass is 403 g/mol. The topological polar surface area (TPSA) is 48.4 Å². The van der Waals surface area contributed by atoms with Gasteiger partial charge in [0.1, 0.15) is 0 Å². The maximum Gasteiger partial charge on any atom is 0.0733 e. The van der Waals surface area contributed by atoms with Gasteiger partial charge >= 0.3 is 0 Å². The molecule has 0 radical (unpaired) electrons. The summed E-state index contributed by atoms with van der Waals surface area (Å²) in [5.41, 5.74) is 2.19. The number of rotatable bonds is 3. The van der Waals surface area contributed by atoms with Crippen molar-refractivity contribution in [3.63, 3.8) is 0 Å². The number of hydrogen-bond donors (Lipinski definition) is 2. The van der Waals surface area contributed by atoms with Crippen LogP contribution in [0.3, 0.4) is 0 Å². The van der Waals surface area contributed by atoms with E-state index in [-0.39, 0.29) is 6.10 Å². The molecule has 2 aliphatic rings. The Balaban J connectivity index is 1.40. The summed E-state index contributed by atoms with van der Waals surface area (Å²) in [6, 6.07) is 9.21. The maximum atomic E-state index is 10.3. The van der Waals surface area contributed by atoms with Gasteiger partial charge < -0.3 is 10.4 Å². The van der Waals surface area contributed by atoms with Gasteiger partial charge in [-0.25, -0.2) is 0 Å². The first kappa shape index (κ1) is 17.3. The Labute approximate surface area is 157 Å². The van der Waals surface area contributed by atoms with E-state index in [1.165, 1.54) is 23.9 Å². The van der Waals surface area contributed by atoms with E-state index < -0.39 is 0 Å². The number of aromatic nitrogens is 1. The van der Waals surface area contributed by atoms with Gasteiger partial charge in [-0.3, -0.25) is 9.88 Å². The van der Waals surface area contributed by atoms with Gasteiger partial charge in [0, 0.05) is 46.9 Å². The fraction of sp³-hybridized carbons (Fsp3) is 0.550. The Hall–Kier alpha value is -1.17. The van der Waals surface area contributed by atoms with Crippen LogP contribution >= 0.6 is 15.9 Å². The van der Waals surface area contributed by atoms with Crippen LogP contribution in [0.1, 0.15) is 38.5 Å². The number of pyridine rings is 1. The van der Waals surface area contributed by atoms with E-state index >= 15 is 0 Å². The summed E-state index contributed by atoms with van der Waals surface area (Å²) in [5, 5.41) is 15.2. The molecule has 2 aromatic rings. The molecule has 25 heavy (non-hydrogen) atoms. The molecule has 2 unspecified atom stereocenters. The Morgan fingerprint density at radius 3 is 2.68 bits per heavy atom. The maximum absolute atomic E-state index is 10.3. The highest BCUT2D eigenvalue weighted by Gasteiger charge is 2.31. The number of piperidine rings is 1. The number of anilines is 1. The second-order valence-corrected chi connectivity index (χ2v) is 8.31. The highest BCUT2D eigenvalue weighted by Crippen LogP contribution is 2.29. The molecule has 2 N–H and O–H groups in total. The Bertz CT molecular complexity index is 730. The van der Waals surface area contributed by atoms with Crippen molar-refractivity contribution >= 4 is 32.5 Å². The van der Waals surface area contributed by atoms with Gasteiger partial charge in [0.05, 0.1) is 11.6 Å². The quantitative estimate of drug-likeness (QED) is 0.806. The molecule has 4 rings (SSSR count). The molecule has 134 valence electrons. The molecular weight excluding hydrogens is 378 g/mol. The smallest absolute Gasteiger partial charge is 0.0733 e. The fourth-order valence-corrected chi connectivity index (χ4v) is 4.71. The number of aliphatic hydroxyl groups is 1. The van der Waals surface area contributed by atoms with Gasteiger partial charge in [-0.1, -0.05) is 28.8 Å². The summed E-state index contributed by atoms with van der Waals surface area (Å²) < 4.78 is 1.06. The molecule has 5 heteroatoms. The molecule has 0 amide bonds. The van der Waals surface area contributed by atoms with E-state index in [2.05, 4.69) is 55.4 Å². The van der Waals surface area contributed by atoms with Gasteiger partial charge in [-0.2, -0.15) is 0 Å². The van der Waals surface area contributed by atoms with Gasteiger partial charge in [-0.15, -0.1) is 0 Å². The minimum absolute atomic E-state index is 0.124. The summed E-state index contributed by atoms with van der Waals surface area (Å²) in [6.45, 7) is 2.15. The van der Waals surface area contributed by atoms with Crippen LogP contribution in [0.4, 0.5) is 5.69 Å². The fourth-order valence-electron chi connectivity index (χ4n) is 4.36. The number of fused-ring (bicyclic) bond motifs is 1. The van der Waals surface area contributed by atoms with Crippen LogP contribution < -0.4 is 5.32 Å². The molecule has 2 atom stereocenters. The molecule has 2 heterocycles. The molecule has 2 fully saturated rings. The van der Waals surface area contributed by atoms with Crippen molar-refractivity contribution in [3.05, 3.63) is 34.9 Å². The number of nitrogens with one attached hydrogen (secondary N) is 1. The number of nitrogens with zero attached hydrogens (tertiary/aromatic N) is 2. The molecule has 1 aromatic carbocycles. The first-order chi connectivity index (χ1) is 12.2. The third kappa shape index (κ3) is 3.83. The average Bonchev–Trinajstić information content (AvgIpc) is 2.63. The highest BCUT2D eigenvalue weighted by atomic mass is 79.9. The molecule has 0 spiro atoms. The van der Waals surface area contributed by atoms with Crippen LogP contribution in [-0.4, -0.2) is 46.3 Å². The number of halogens is 1. The zero-order chi connectivity index (χ0) is 17.2. The molecule has 1 aliphatic carbocycles. The van der Waals surface area contributed by atoms with E-state index in [9.17, 15) is 5.11 Å². The minimum Gasteiger partial charge on any atom is -0.391 e. The molecule has 1 aromatic heterocycles. The standard InChI is InChI=1S/C20H26BrN3O/c21-14-5-6-16-17(7-10-22-18(16)13-14)23-15-8-11-24(12-9-15)19-3-1-2-4-20(19)25/h5-7,10,13,15,19-20,25H,1-4,8-9,11-12H2,(H,22,23). The molecule has 1 aliphatic heterocycles. The van der Waals surface area contributed by atoms with Gasteiger partial charge in [0.25, 0.3) is 0 Å². The molecule has 1 saturated heterocycles. The number of likely N-dealkylation sites (tertiary alicyclic amines) is 1. The zero-order valence-corrected chi connectivity index (χ0v) is 16.1. The third-order valence-electron chi connectivity index (χ3n) is 5.76. The van der Waals surface area contributed by atoms with Crippen LogP contribution in [0.2, 0.25) is 0 Å². The normalized spacial score (nSPS) is 26.0. The lowest BCUT2D eigenvalue weighted by Gasteiger charge is -2.41. The summed E-state index contributed by atoms with van der Waals surface area (Å²) in [4.78, 5) is 6.99. The van der Waals surface area contributed by atoms with E-state index in [1.54, 1.807) is 0 Å². The summed E-state index contributed by atoms with van der Waals surface area (Å²) in [6.07, 6.45) is 8.59. The Morgan fingerprint density at radius 2 is 1.88 bits per heavy atom. The molecule has 0 bridgehead atoms. The molecule has 1 saturated carbocycles. The van der Waals surface area contributed by atoms with E-state index in [0.717, 1.165) is 48.8 Å². The number of aliphatic hydroxyl groups excluding tert-OH is 1. The first-order valence-corrected chi connectivity index (χ1v) is 10.2. The predicted molar refractivity (Wildman–Crippen MR) is 106 cm³/mol. The molecular formula is C20H26BrN3O. The first-order valence-electron chi connectivity index (χ1n) is 9.43.